The zero-order chi connectivity index (χ0) is 16.8. The van der Waals surface area contributed by atoms with Crippen molar-refractivity contribution >= 4 is 14.1 Å². The van der Waals surface area contributed by atoms with Gasteiger partial charge in [-0.3, -0.25) is 4.79 Å². The highest BCUT2D eigenvalue weighted by atomic mass is 28.4. The predicted octanol–water partition coefficient (Wildman–Crippen LogP) is 3.78. The predicted molar refractivity (Wildman–Crippen MR) is 91.3 cm³/mol. The first kappa shape index (κ1) is 19.6. The Morgan fingerprint density at radius 2 is 1.73 bits per heavy atom. The van der Waals surface area contributed by atoms with E-state index in [0.29, 0.717) is 0 Å². The van der Waals surface area contributed by atoms with Gasteiger partial charge in [-0.2, -0.15) is 0 Å². The molecule has 0 amide bonds. The molecule has 0 unspecified atom stereocenters. The van der Waals surface area contributed by atoms with Gasteiger partial charge >= 0.3 is 0 Å². The van der Waals surface area contributed by atoms with E-state index < -0.39 is 8.32 Å². The van der Waals surface area contributed by atoms with Crippen LogP contribution in [0.5, 0.6) is 0 Å². The van der Waals surface area contributed by atoms with Gasteiger partial charge in [0, 0.05) is 18.9 Å². The molecular weight excluding hydrogens is 296 g/mol. The molecule has 0 spiro atoms. The maximum atomic E-state index is 12.3. The van der Waals surface area contributed by atoms with Crippen molar-refractivity contribution in [1.82, 2.24) is 0 Å². The third kappa shape index (κ3) is 4.51. The molecule has 0 N–H and O–H groups in total. The highest BCUT2D eigenvalue weighted by Gasteiger charge is 2.41. The van der Waals surface area contributed by atoms with Gasteiger partial charge in [0.15, 0.2) is 14.1 Å². The molecule has 0 saturated carbocycles. The van der Waals surface area contributed by atoms with E-state index in [0.717, 1.165) is 18.1 Å². The molecule has 128 valence electrons. The van der Waals surface area contributed by atoms with Gasteiger partial charge in [-0.05, 0) is 24.2 Å². The van der Waals surface area contributed by atoms with Crippen LogP contribution in [0.1, 0.15) is 34.6 Å². The Hall–Kier alpha value is -0.493. The van der Waals surface area contributed by atoms with Crippen molar-refractivity contribution in [2.45, 2.75) is 65.0 Å². The van der Waals surface area contributed by atoms with Gasteiger partial charge in [0.25, 0.3) is 0 Å². The molecule has 0 aromatic carbocycles. The molecule has 0 bridgehead atoms. The van der Waals surface area contributed by atoms with Crippen molar-refractivity contribution in [3.8, 4) is 0 Å². The van der Waals surface area contributed by atoms with E-state index in [1.807, 2.05) is 13.0 Å². The van der Waals surface area contributed by atoms with Crippen LogP contribution in [0.3, 0.4) is 0 Å². The largest absolute Gasteiger partial charge is 0.413 e. The van der Waals surface area contributed by atoms with Gasteiger partial charge in [0.1, 0.15) is 6.79 Å². The van der Waals surface area contributed by atoms with Gasteiger partial charge in [-0.1, -0.05) is 40.7 Å². The summed E-state index contributed by atoms with van der Waals surface area (Å²) in [6.45, 7) is 11.0. The number of ether oxygens (including phenoxy) is 2. The molecule has 0 aliphatic heterocycles. The molecule has 1 aliphatic rings. The van der Waals surface area contributed by atoms with E-state index in [9.17, 15) is 4.79 Å². The first-order chi connectivity index (χ1) is 10.4. The normalized spacial score (nSPS) is 29.6. The third-order valence-corrected chi connectivity index (χ3v) is 9.76. The molecule has 0 aromatic heterocycles. The summed E-state index contributed by atoms with van der Waals surface area (Å²) in [4.78, 5) is 12.3. The molecule has 0 aromatic rings. The summed E-state index contributed by atoms with van der Waals surface area (Å²) in [5.74, 6) is 0.134. The summed E-state index contributed by atoms with van der Waals surface area (Å²) in [6, 6.07) is 3.25. The SMILES string of the molecule is CC[Si](CC)(CC)O[C@H]1[C@@H](C)[C@H](OCOC)C=CC(=O)[C@H]1C. The monoisotopic (exact) mass is 328 g/mol. The second kappa shape index (κ2) is 8.96. The Balaban J connectivity index is 2.99. The van der Waals surface area contributed by atoms with Crippen molar-refractivity contribution in [1.29, 1.82) is 0 Å². The molecule has 0 heterocycles. The first-order valence-electron chi connectivity index (χ1n) is 8.45. The average molecular weight is 329 g/mol. The molecule has 0 fully saturated rings. The summed E-state index contributed by atoms with van der Waals surface area (Å²) >= 11 is 0. The fourth-order valence-electron chi connectivity index (χ4n) is 3.17. The van der Waals surface area contributed by atoms with Gasteiger partial charge in [-0.25, -0.2) is 0 Å². The number of rotatable bonds is 8. The zero-order valence-corrected chi connectivity index (χ0v) is 15.9. The van der Waals surface area contributed by atoms with Crippen LogP contribution in [-0.2, 0) is 18.7 Å². The number of allylic oxidation sites excluding steroid dienone is 1. The number of hydrogen-bond acceptors (Lipinski definition) is 4. The summed E-state index contributed by atoms with van der Waals surface area (Å²) in [7, 11) is -0.161. The molecule has 1 aliphatic carbocycles. The smallest absolute Gasteiger partial charge is 0.192 e. The molecule has 5 heteroatoms. The standard InChI is InChI=1S/C17H32O4Si/c1-7-22(8-2,9-3)21-17-13(4)15(18)10-11-16(14(17)5)20-12-19-6/h10-11,13-14,16-17H,7-9,12H2,1-6H3/t13-,14+,16-,17-/m1/s1. The molecule has 22 heavy (non-hydrogen) atoms. The van der Waals surface area contributed by atoms with Crippen LogP contribution in [0.25, 0.3) is 0 Å². The van der Waals surface area contributed by atoms with Gasteiger partial charge < -0.3 is 13.9 Å². The van der Waals surface area contributed by atoms with Gasteiger partial charge in [-0.15, -0.1) is 0 Å². The second-order valence-corrected chi connectivity index (χ2v) is 11.0. The molecule has 4 atom stereocenters. The Bertz CT molecular complexity index is 371. The van der Waals surface area contributed by atoms with Crippen LogP contribution in [-0.4, -0.2) is 40.2 Å². The van der Waals surface area contributed by atoms with E-state index in [1.54, 1.807) is 13.2 Å². The Morgan fingerprint density at radius 1 is 1.14 bits per heavy atom. The maximum absolute atomic E-state index is 12.3. The van der Waals surface area contributed by atoms with E-state index in [1.165, 1.54) is 0 Å². The van der Waals surface area contributed by atoms with Crippen LogP contribution >= 0.6 is 0 Å². The minimum Gasteiger partial charge on any atom is -0.413 e. The quantitative estimate of drug-likeness (QED) is 0.502. The van der Waals surface area contributed by atoms with E-state index in [-0.39, 0.29) is 36.6 Å². The number of carbonyl (C=O) groups excluding carboxylic acids is 1. The lowest BCUT2D eigenvalue weighted by atomic mass is 9.90. The number of hydrogen-bond donors (Lipinski definition) is 0. The topological polar surface area (TPSA) is 44.8 Å². The lowest BCUT2D eigenvalue weighted by molar-refractivity contribution is -0.123. The van der Waals surface area contributed by atoms with Crippen LogP contribution in [0.15, 0.2) is 12.2 Å². The van der Waals surface area contributed by atoms with E-state index in [2.05, 4.69) is 27.7 Å². The Labute approximate surface area is 136 Å². The van der Waals surface area contributed by atoms with Crippen molar-refractivity contribution in [3.05, 3.63) is 12.2 Å². The fraction of sp³-hybridized carbons (Fsp3) is 0.824. The Morgan fingerprint density at radius 3 is 2.23 bits per heavy atom. The molecular formula is C17H32O4Si. The van der Waals surface area contributed by atoms with E-state index >= 15 is 0 Å². The first-order valence-corrected chi connectivity index (χ1v) is 11.0. The maximum Gasteiger partial charge on any atom is 0.192 e. The zero-order valence-electron chi connectivity index (χ0n) is 14.9. The van der Waals surface area contributed by atoms with Crippen molar-refractivity contribution in [2.75, 3.05) is 13.9 Å². The van der Waals surface area contributed by atoms with Crippen molar-refractivity contribution in [2.24, 2.45) is 11.8 Å². The summed E-state index contributed by atoms with van der Waals surface area (Å²) in [6.07, 6.45) is 3.28. The molecule has 1 rings (SSSR count). The average Bonchev–Trinajstić information content (AvgIpc) is 2.63. The summed E-state index contributed by atoms with van der Waals surface area (Å²) < 4.78 is 17.4. The molecule has 0 saturated heterocycles. The highest BCUT2D eigenvalue weighted by molar-refractivity contribution is 6.73. The Kier molecular flexibility index (Phi) is 7.97. The highest BCUT2D eigenvalue weighted by Crippen LogP contribution is 2.33. The van der Waals surface area contributed by atoms with Crippen LogP contribution in [0.4, 0.5) is 0 Å². The lowest BCUT2D eigenvalue weighted by Gasteiger charge is -2.39. The third-order valence-electron chi connectivity index (χ3n) is 5.13. The van der Waals surface area contributed by atoms with Gasteiger partial charge in [0.2, 0.25) is 0 Å². The molecule has 4 nitrogen and oxygen atoms in total. The van der Waals surface area contributed by atoms with Gasteiger partial charge in [0.05, 0.1) is 12.2 Å². The van der Waals surface area contributed by atoms with E-state index in [4.69, 9.17) is 13.9 Å². The summed E-state index contributed by atoms with van der Waals surface area (Å²) in [5.41, 5.74) is 0. The minimum absolute atomic E-state index is 0.0872. The second-order valence-electron chi connectivity index (χ2n) is 6.27. The van der Waals surface area contributed by atoms with Crippen LogP contribution in [0, 0.1) is 11.8 Å². The number of carbonyl (C=O) groups is 1. The number of methoxy groups -OCH3 is 1. The van der Waals surface area contributed by atoms with Crippen molar-refractivity contribution < 1.29 is 18.7 Å². The fourth-order valence-corrected chi connectivity index (χ4v) is 6.17. The lowest BCUT2D eigenvalue weighted by Crippen LogP contribution is -2.47. The summed E-state index contributed by atoms with van der Waals surface area (Å²) in [5, 5.41) is 0. The molecule has 0 radical (unpaired) electrons. The minimum atomic E-state index is -1.77. The number of ketones is 1. The van der Waals surface area contributed by atoms with Crippen LogP contribution < -0.4 is 0 Å². The van der Waals surface area contributed by atoms with Crippen molar-refractivity contribution in [3.63, 3.8) is 0 Å². The van der Waals surface area contributed by atoms with Crippen LogP contribution in [0.2, 0.25) is 18.1 Å².